The molecule has 14 heteroatoms. The van der Waals surface area contributed by atoms with E-state index in [1.54, 1.807) is 13.8 Å². The summed E-state index contributed by atoms with van der Waals surface area (Å²) in [5.74, 6) is -2.05. The highest BCUT2D eigenvalue weighted by Gasteiger charge is 2.54. The number of nitrogens with one attached hydrogen (secondary N) is 1. The van der Waals surface area contributed by atoms with Crippen LogP contribution in [0.25, 0.3) is 0 Å². The molecule has 2 aromatic heterocycles. The Balaban J connectivity index is 0.00000214. The maximum Gasteiger partial charge on any atom is 0.258 e. The number of carbonyl (C=O) groups is 1. The van der Waals surface area contributed by atoms with Crippen molar-refractivity contribution in [1.29, 1.82) is 0 Å². The molecule has 1 unspecified atom stereocenters. The minimum absolute atomic E-state index is 0.0338. The Bertz CT molecular complexity index is 1750. The van der Waals surface area contributed by atoms with Crippen LogP contribution in [0.5, 0.6) is 17.2 Å². The molecular weight excluding hydrogens is 687 g/mol. The Morgan fingerprint density at radius 1 is 1.09 bits per heavy atom. The van der Waals surface area contributed by atoms with Gasteiger partial charge >= 0.3 is 0 Å². The van der Waals surface area contributed by atoms with Gasteiger partial charge in [-0.15, -0.1) is 0 Å². The number of rotatable bonds is 10. The number of fused-ring (bicyclic) bond motifs is 1. The van der Waals surface area contributed by atoms with Gasteiger partial charge < -0.3 is 29.3 Å². The minimum atomic E-state index is -2.81. The summed E-state index contributed by atoms with van der Waals surface area (Å²) in [6.45, 7) is 14.2. The standard InChI is InChI=1S/C37H44F3N7O4.C2H6/c1-23(2)47(25-12-37(39,40)13-25)35(48)28-11-24(38)3-4-31(28)51-33-17-42-22-44-34(33)46-20-36(21-46)14-26(15-36)50-32-5-7-43-30-6-9-45(19-29(30)32)18-27-16-41-8-10-49-27;1-2/h3-5,7,11,17,22-23,25-27,41H,6,8-10,12-16,18-21H2,1-2H3;1-2H3. The van der Waals surface area contributed by atoms with Gasteiger partial charge in [0.1, 0.15) is 29.7 Å². The minimum Gasteiger partial charge on any atom is -0.490 e. The molecule has 3 aliphatic heterocycles. The van der Waals surface area contributed by atoms with Gasteiger partial charge in [-0.2, -0.15) is 0 Å². The number of morpholine rings is 1. The predicted octanol–water partition coefficient (Wildman–Crippen LogP) is 5.87. The molecule has 4 fully saturated rings. The van der Waals surface area contributed by atoms with Gasteiger partial charge in [0.2, 0.25) is 0 Å². The van der Waals surface area contributed by atoms with Crippen molar-refractivity contribution >= 4 is 11.7 Å². The fraction of sp³-hybridized carbons (Fsp3) is 0.590. The van der Waals surface area contributed by atoms with Crippen LogP contribution in [0.3, 0.4) is 0 Å². The highest BCUT2D eigenvalue weighted by atomic mass is 19.3. The van der Waals surface area contributed by atoms with Gasteiger partial charge in [0.25, 0.3) is 11.8 Å². The lowest BCUT2D eigenvalue weighted by Gasteiger charge is -2.59. The third kappa shape index (κ3) is 7.95. The fourth-order valence-electron chi connectivity index (χ4n) is 8.38. The van der Waals surface area contributed by atoms with E-state index in [-0.39, 0.29) is 35.0 Å². The quantitative estimate of drug-likeness (QED) is 0.272. The number of benzene rings is 1. The number of hydrogen-bond acceptors (Lipinski definition) is 10. The lowest BCUT2D eigenvalue weighted by atomic mass is 9.61. The average molecular weight is 738 g/mol. The van der Waals surface area contributed by atoms with Gasteiger partial charge in [0.15, 0.2) is 11.6 Å². The number of anilines is 1. The van der Waals surface area contributed by atoms with Crippen LogP contribution in [0.4, 0.5) is 19.0 Å². The number of alkyl halides is 2. The molecule has 0 bridgehead atoms. The first kappa shape index (κ1) is 37.3. The van der Waals surface area contributed by atoms with Crippen LogP contribution in [0, 0.1) is 11.2 Å². The number of hydrogen-bond donors (Lipinski definition) is 1. The largest absolute Gasteiger partial charge is 0.490 e. The van der Waals surface area contributed by atoms with Crippen molar-refractivity contribution in [1.82, 2.24) is 30.1 Å². The molecular formula is C39H50F3N7O4. The van der Waals surface area contributed by atoms with Crippen molar-refractivity contribution in [3.05, 3.63) is 65.6 Å². The SMILES string of the molecule is CC.CC(C)N(C(=O)c1cc(F)ccc1Oc1cncnc1N1CC2(CC(Oc3ccnc4c3CN(CC3CNCCO3)CC4)C2)C1)C1CC(F)(F)C1. The van der Waals surface area contributed by atoms with Crippen molar-refractivity contribution in [2.24, 2.45) is 5.41 Å². The van der Waals surface area contributed by atoms with E-state index < -0.39 is 36.5 Å². The Morgan fingerprint density at radius 3 is 2.60 bits per heavy atom. The molecule has 1 spiro atoms. The van der Waals surface area contributed by atoms with E-state index in [4.69, 9.17) is 14.2 Å². The number of amides is 1. The summed E-state index contributed by atoms with van der Waals surface area (Å²) in [5.41, 5.74) is 2.34. The highest BCUT2D eigenvalue weighted by molar-refractivity contribution is 5.97. The van der Waals surface area contributed by atoms with Gasteiger partial charge in [-0.05, 0) is 51.0 Å². The molecule has 1 aromatic carbocycles. The molecule has 2 saturated carbocycles. The summed E-state index contributed by atoms with van der Waals surface area (Å²) >= 11 is 0. The zero-order valence-electron chi connectivity index (χ0n) is 31.0. The van der Waals surface area contributed by atoms with Crippen LogP contribution in [0.2, 0.25) is 0 Å². The van der Waals surface area contributed by atoms with E-state index in [0.717, 1.165) is 89.2 Å². The van der Waals surface area contributed by atoms with Crippen LogP contribution in [0.15, 0.2) is 43.0 Å². The molecule has 5 aliphatic rings. The maximum atomic E-state index is 14.5. The van der Waals surface area contributed by atoms with Gasteiger partial charge in [-0.3, -0.25) is 14.7 Å². The molecule has 5 heterocycles. The molecule has 2 aliphatic carbocycles. The summed E-state index contributed by atoms with van der Waals surface area (Å²) in [5, 5.41) is 3.41. The van der Waals surface area contributed by atoms with E-state index in [1.807, 2.05) is 26.1 Å². The number of nitrogens with zero attached hydrogens (tertiary/aromatic N) is 6. The Kier molecular flexibility index (Phi) is 10.8. The van der Waals surface area contributed by atoms with E-state index in [1.165, 1.54) is 35.1 Å². The molecule has 3 aromatic rings. The topological polar surface area (TPSA) is 105 Å². The molecule has 0 radical (unpaired) electrons. The van der Waals surface area contributed by atoms with Crippen molar-refractivity contribution in [2.45, 2.75) is 96.6 Å². The lowest BCUT2D eigenvalue weighted by molar-refractivity contribution is -0.120. The van der Waals surface area contributed by atoms with E-state index >= 15 is 0 Å². The third-order valence-corrected chi connectivity index (χ3v) is 10.9. The monoisotopic (exact) mass is 737 g/mol. The van der Waals surface area contributed by atoms with Gasteiger partial charge in [0, 0.05) is 100 Å². The average Bonchev–Trinajstić information content (AvgIpc) is 3.10. The van der Waals surface area contributed by atoms with E-state index in [0.29, 0.717) is 11.6 Å². The molecule has 1 amide bonds. The number of ether oxygens (including phenoxy) is 3. The Morgan fingerprint density at radius 2 is 1.89 bits per heavy atom. The smallest absolute Gasteiger partial charge is 0.258 e. The fourth-order valence-corrected chi connectivity index (χ4v) is 8.38. The molecule has 1 atom stereocenters. The maximum absolute atomic E-state index is 14.5. The van der Waals surface area contributed by atoms with E-state index in [9.17, 15) is 18.0 Å². The van der Waals surface area contributed by atoms with Crippen molar-refractivity contribution < 1.29 is 32.2 Å². The summed E-state index contributed by atoms with van der Waals surface area (Å²) in [7, 11) is 0. The van der Waals surface area contributed by atoms with Crippen molar-refractivity contribution in [3.8, 4) is 17.2 Å². The first-order chi connectivity index (χ1) is 25.5. The summed E-state index contributed by atoms with van der Waals surface area (Å²) in [4.78, 5) is 33.0. The van der Waals surface area contributed by atoms with Gasteiger partial charge in [0.05, 0.1) is 24.5 Å². The zero-order chi connectivity index (χ0) is 37.3. The number of carbonyl (C=O) groups excluding carboxylic acids is 1. The van der Waals surface area contributed by atoms with Crippen LogP contribution < -0.4 is 19.7 Å². The number of pyridine rings is 1. The normalized spacial score (nSPS) is 22.1. The van der Waals surface area contributed by atoms with Crippen LogP contribution in [-0.4, -0.2) is 107 Å². The second-order valence-corrected chi connectivity index (χ2v) is 15.1. The lowest BCUT2D eigenvalue weighted by Crippen LogP contribution is -2.65. The third-order valence-electron chi connectivity index (χ3n) is 10.9. The van der Waals surface area contributed by atoms with Gasteiger partial charge in [-0.1, -0.05) is 13.8 Å². The molecule has 53 heavy (non-hydrogen) atoms. The van der Waals surface area contributed by atoms with Crippen LogP contribution in [-0.2, 0) is 17.7 Å². The Hall–Kier alpha value is -4.01. The second-order valence-electron chi connectivity index (χ2n) is 15.1. The van der Waals surface area contributed by atoms with Gasteiger partial charge in [-0.25, -0.2) is 23.1 Å². The second kappa shape index (κ2) is 15.4. The highest BCUT2D eigenvalue weighted by Crippen LogP contribution is 2.52. The van der Waals surface area contributed by atoms with E-state index in [2.05, 4.69) is 30.1 Å². The number of halogens is 3. The molecule has 286 valence electrons. The first-order valence-electron chi connectivity index (χ1n) is 19.0. The van der Waals surface area contributed by atoms with Crippen molar-refractivity contribution in [2.75, 3.05) is 50.8 Å². The van der Waals surface area contributed by atoms with Crippen LogP contribution >= 0.6 is 0 Å². The summed E-state index contributed by atoms with van der Waals surface area (Å²) in [6, 6.07) is 4.68. The van der Waals surface area contributed by atoms with Crippen molar-refractivity contribution in [3.63, 3.8) is 0 Å². The molecule has 11 nitrogen and oxygen atoms in total. The summed E-state index contributed by atoms with van der Waals surface area (Å²) < 4.78 is 60.8. The molecule has 2 saturated heterocycles. The molecule has 1 N–H and O–H groups in total. The van der Waals surface area contributed by atoms with Crippen LogP contribution in [0.1, 0.15) is 75.0 Å². The zero-order valence-corrected chi connectivity index (χ0v) is 31.0. The number of aromatic nitrogens is 3. The Labute approximate surface area is 309 Å². The molecule has 8 rings (SSSR count). The predicted molar refractivity (Wildman–Crippen MR) is 193 cm³/mol. The first-order valence-corrected chi connectivity index (χ1v) is 19.0. The summed E-state index contributed by atoms with van der Waals surface area (Å²) in [6.07, 6.45) is 7.00.